The quantitative estimate of drug-likeness (QED) is 0.542. The molecule has 2 aliphatic rings. The Morgan fingerprint density at radius 1 is 1.15 bits per heavy atom. The highest BCUT2D eigenvalue weighted by molar-refractivity contribution is 6.13. The molecule has 0 bridgehead atoms. The second-order valence-electron chi connectivity index (χ2n) is 4.99. The van der Waals surface area contributed by atoms with Crippen LogP contribution in [0.15, 0.2) is 18.3 Å². The van der Waals surface area contributed by atoms with Crippen molar-refractivity contribution in [1.82, 2.24) is 9.88 Å². The van der Waals surface area contributed by atoms with Gasteiger partial charge in [-0.25, -0.2) is 0 Å². The Bertz CT molecular complexity index is 638. The third-order valence-corrected chi connectivity index (χ3v) is 3.67. The Morgan fingerprint density at radius 3 is 2.70 bits per heavy atom. The number of rotatable bonds is 1. The summed E-state index contributed by atoms with van der Waals surface area (Å²) in [7, 11) is 0. The molecule has 2 amide bonds. The number of hydrogen-bond acceptors (Lipinski definition) is 5. The lowest BCUT2D eigenvalue weighted by molar-refractivity contribution is -0.141. The topological polar surface area (TPSA) is 84.4 Å². The van der Waals surface area contributed by atoms with Crippen LogP contribution in [-0.4, -0.2) is 39.3 Å². The SMILES string of the molecule is O=C1CCC(N2C(=O)Cc3cccnc3C2=O)C(=O)C1. The minimum atomic E-state index is -0.817. The van der Waals surface area contributed by atoms with Gasteiger partial charge in [0.1, 0.15) is 11.5 Å². The van der Waals surface area contributed by atoms with E-state index in [4.69, 9.17) is 0 Å². The first-order valence-corrected chi connectivity index (χ1v) is 6.42. The van der Waals surface area contributed by atoms with Crippen LogP contribution in [0.2, 0.25) is 0 Å². The number of ketones is 2. The number of aromatic nitrogens is 1. The van der Waals surface area contributed by atoms with Crippen molar-refractivity contribution in [1.29, 1.82) is 0 Å². The van der Waals surface area contributed by atoms with E-state index in [1.807, 2.05) is 0 Å². The molecule has 0 N–H and O–H groups in total. The number of hydrogen-bond donors (Lipinski definition) is 0. The van der Waals surface area contributed by atoms with Crippen LogP contribution in [0, 0.1) is 0 Å². The summed E-state index contributed by atoms with van der Waals surface area (Å²) in [6, 6.07) is 2.53. The second-order valence-corrected chi connectivity index (χ2v) is 4.99. The zero-order chi connectivity index (χ0) is 14.3. The van der Waals surface area contributed by atoms with Crippen LogP contribution in [-0.2, 0) is 20.8 Å². The van der Waals surface area contributed by atoms with E-state index < -0.39 is 17.9 Å². The molecule has 1 fully saturated rings. The minimum absolute atomic E-state index is 0.0621. The standard InChI is InChI=1S/C14H12N2O4/c17-9-3-4-10(11(18)7-9)16-12(19)6-8-2-1-5-15-13(8)14(16)20/h1-2,5,10H,3-4,6-7H2. The second kappa shape index (κ2) is 4.63. The number of imide groups is 1. The summed E-state index contributed by atoms with van der Waals surface area (Å²) in [4.78, 5) is 52.6. The van der Waals surface area contributed by atoms with Crippen LogP contribution in [0.25, 0.3) is 0 Å². The highest BCUT2D eigenvalue weighted by atomic mass is 16.2. The lowest BCUT2D eigenvalue weighted by atomic mass is 9.90. The van der Waals surface area contributed by atoms with Crippen molar-refractivity contribution in [3.63, 3.8) is 0 Å². The number of amides is 2. The zero-order valence-electron chi connectivity index (χ0n) is 10.7. The lowest BCUT2D eigenvalue weighted by Gasteiger charge is -2.33. The molecule has 1 atom stereocenters. The third-order valence-electron chi connectivity index (χ3n) is 3.67. The fraction of sp³-hybridized carbons (Fsp3) is 0.357. The Labute approximate surface area is 114 Å². The predicted molar refractivity (Wildman–Crippen MR) is 66.8 cm³/mol. The molecule has 0 saturated heterocycles. The van der Waals surface area contributed by atoms with Gasteiger partial charge in [-0.2, -0.15) is 0 Å². The molecular formula is C14H12N2O4. The average molecular weight is 272 g/mol. The largest absolute Gasteiger partial charge is 0.299 e. The highest BCUT2D eigenvalue weighted by Gasteiger charge is 2.41. The van der Waals surface area contributed by atoms with E-state index in [0.717, 1.165) is 4.90 Å². The number of nitrogens with zero attached hydrogens (tertiary/aromatic N) is 2. The first-order chi connectivity index (χ1) is 9.58. The summed E-state index contributed by atoms with van der Waals surface area (Å²) in [6.07, 6.45) is 1.79. The Balaban J connectivity index is 1.95. The van der Waals surface area contributed by atoms with E-state index in [2.05, 4.69) is 4.98 Å². The van der Waals surface area contributed by atoms with Gasteiger partial charge in [-0.3, -0.25) is 29.1 Å². The molecule has 0 radical (unpaired) electrons. The Kier molecular flexibility index (Phi) is 2.93. The van der Waals surface area contributed by atoms with Crippen LogP contribution < -0.4 is 0 Å². The molecule has 1 saturated carbocycles. The smallest absolute Gasteiger partial charge is 0.280 e. The van der Waals surface area contributed by atoms with Gasteiger partial charge >= 0.3 is 0 Å². The third kappa shape index (κ3) is 1.93. The summed E-state index contributed by atoms with van der Waals surface area (Å²) in [5.41, 5.74) is 0.801. The molecule has 20 heavy (non-hydrogen) atoms. The van der Waals surface area contributed by atoms with Crippen molar-refractivity contribution in [3.8, 4) is 0 Å². The fourth-order valence-electron chi connectivity index (χ4n) is 2.70. The minimum Gasteiger partial charge on any atom is -0.299 e. The summed E-state index contributed by atoms with van der Waals surface area (Å²) in [5, 5.41) is 0. The lowest BCUT2D eigenvalue weighted by Crippen LogP contribution is -2.53. The Hall–Kier alpha value is -2.37. The van der Waals surface area contributed by atoms with Crippen molar-refractivity contribution in [2.24, 2.45) is 0 Å². The first kappa shape index (κ1) is 12.7. The number of carbonyl (C=O) groups is 4. The van der Waals surface area contributed by atoms with Crippen molar-refractivity contribution in [2.45, 2.75) is 31.7 Å². The van der Waals surface area contributed by atoms with Crippen LogP contribution in [0.1, 0.15) is 35.3 Å². The average Bonchev–Trinajstić information content (AvgIpc) is 2.41. The molecular weight excluding hydrogens is 260 g/mol. The maximum absolute atomic E-state index is 12.4. The van der Waals surface area contributed by atoms with Gasteiger partial charge in [0, 0.05) is 12.6 Å². The van der Waals surface area contributed by atoms with Gasteiger partial charge in [0.25, 0.3) is 5.91 Å². The predicted octanol–water partition coefficient (Wildman–Crippen LogP) is 0.297. The molecule has 6 heteroatoms. The van der Waals surface area contributed by atoms with E-state index in [1.54, 1.807) is 12.1 Å². The molecule has 102 valence electrons. The molecule has 3 rings (SSSR count). The monoisotopic (exact) mass is 272 g/mol. The van der Waals surface area contributed by atoms with Gasteiger partial charge in [0.2, 0.25) is 5.91 Å². The zero-order valence-corrected chi connectivity index (χ0v) is 10.7. The van der Waals surface area contributed by atoms with E-state index in [1.165, 1.54) is 6.20 Å². The van der Waals surface area contributed by atoms with Gasteiger partial charge < -0.3 is 0 Å². The molecule has 6 nitrogen and oxygen atoms in total. The van der Waals surface area contributed by atoms with Crippen molar-refractivity contribution >= 4 is 23.4 Å². The van der Waals surface area contributed by atoms with E-state index in [9.17, 15) is 19.2 Å². The molecule has 2 heterocycles. The molecule has 1 aliphatic heterocycles. The van der Waals surface area contributed by atoms with Crippen molar-refractivity contribution in [3.05, 3.63) is 29.6 Å². The molecule has 1 unspecified atom stereocenters. The van der Waals surface area contributed by atoms with Crippen molar-refractivity contribution in [2.75, 3.05) is 0 Å². The van der Waals surface area contributed by atoms with Gasteiger partial charge in [-0.1, -0.05) is 6.07 Å². The number of pyridine rings is 1. The number of Topliss-reactive ketones (excluding diaryl/α,β-unsaturated/α-hetero) is 2. The van der Waals surface area contributed by atoms with Gasteiger partial charge in [-0.15, -0.1) is 0 Å². The normalized spacial score (nSPS) is 23.0. The van der Waals surface area contributed by atoms with Gasteiger partial charge in [0.15, 0.2) is 5.78 Å². The van der Waals surface area contributed by atoms with E-state index in [0.29, 0.717) is 5.56 Å². The maximum Gasteiger partial charge on any atom is 0.280 e. The van der Waals surface area contributed by atoms with Crippen LogP contribution >= 0.6 is 0 Å². The van der Waals surface area contributed by atoms with E-state index >= 15 is 0 Å². The Morgan fingerprint density at radius 2 is 1.95 bits per heavy atom. The van der Waals surface area contributed by atoms with Gasteiger partial charge in [0.05, 0.1) is 18.9 Å². The molecule has 0 spiro atoms. The van der Waals surface area contributed by atoms with Crippen LogP contribution in [0.4, 0.5) is 0 Å². The first-order valence-electron chi connectivity index (χ1n) is 6.42. The van der Waals surface area contributed by atoms with E-state index in [-0.39, 0.29) is 42.9 Å². The highest BCUT2D eigenvalue weighted by Crippen LogP contribution is 2.25. The summed E-state index contributed by atoms with van der Waals surface area (Å²) >= 11 is 0. The molecule has 1 aromatic heterocycles. The van der Waals surface area contributed by atoms with Crippen molar-refractivity contribution < 1.29 is 19.2 Å². The molecule has 1 aliphatic carbocycles. The van der Waals surface area contributed by atoms with Crippen LogP contribution in [0.3, 0.4) is 0 Å². The maximum atomic E-state index is 12.4. The molecule has 1 aromatic rings. The molecule has 0 aromatic carbocycles. The number of fused-ring (bicyclic) bond motifs is 1. The van der Waals surface area contributed by atoms with Gasteiger partial charge in [-0.05, 0) is 18.1 Å². The summed E-state index contributed by atoms with van der Waals surface area (Å²) in [6.45, 7) is 0. The summed E-state index contributed by atoms with van der Waals surface area (Å²) < 4.78 is 0. The number of carbonyl (C=O) groups excluding carboxylic acids is 4. The summed E-state index contributed by atoms with van der Waals surface area (Å²) in [5.74, 6) is -1.43. The fourth-order valence-corrected chi connectivity index (χ4v) is 2.70. The van der Waals surface area contributed by atoms with Crippen LogP contribution in [0.5, 0.6) is 0 Å².